The Morgan fingerprint density at radius 1 is 1.12 bits per heavy atom. The van der Waals surface area contributed by atoms with Crippen molar-refractivity contribution < 1.29 is 14.3 Å². The average molecular weight is 558 g/mol. The smallest absolute Gasteiger partial charge is 0.261 e. The SMILES string of the molecule is CCCNC(=O)[C@H](CC)N(Cc1c(Cl)cccc1Cl)C(=O)COc1ccc(C(C)C)cc1Br. The third kappa shape index (κ3) is 7.62. The maximum Gasteiger partial charge on any atom is 0.261 e. The van der Waals surface area contributed by atoms with E-state index >= 15 is 0 Å². The molecular weight excluding hydrogens is 527 g/mol. The molecule has 33 heavy (non-hydrogen) atoms. The van der Waals surface area contributed by atoms with E-state index in [0.717, 1.165) is 16.5 Å². The summed E-state index contributed by atoms with van der Waals surface area (Å²) in [5.74, 6) is 0.398. The number of rotatable bonds is 11. The molecule has 1 atom stereocenters. The summed E-state index contributed by atoms with van der Waals surface area (Å²) in [6, 6.07) is 10.3. The van der Waals surface area contributed by atoms with Gasteiger partial charge < -0.3 is 15.0 Å². The molecule has 2 aromatic carbocycles. The first-order valence-corrected chi connectivity index (χ1v) is 12.7. The molecule has 0 aliphatic rings. The standard InChI is InChI=1S/C25H31BrCl2N2O3/c1-5-12-29-25(32)22(6-2)30(14-18-20(27)8-7-9-21(18)28)24(31)15-33-23-11-10-17(16(3)4)13-19(23)26/h7-11,13,16,22H,5-6,12,14-15H2,1-4H3,(H,29,32)/t22-/m0/s1. The lowest BCUT2D eigenvalue weighted by atomic mass is 10.0. The summed E-state index contributed by atoms with van der Waals surface area (Å²) in [6.07, 6.45) is 1.24. The van der Waals surface area contributed by atoms with E-state index in [1.807, 2.05) is 32.0 Å². The summed E-state index contributed by atoms with van der Waals surface area (Å²) in [5, 5.41) is 3.77. The Kier molecular flexibility index (Phi) is 11.0. The molecule has 0 aromatic heterocycles. The van der Waals surface area contributed by atoms with Crippen LogP contribution in [0.2, 0.25) is 10.0 Å². The van der Waals surface area contributed by atoms with Crippen molar-refractivity contribution in [3.05, 3.63) is 62.0 Å². The molecule has 2 aromatic rings. The van der Waals surface area contributed by atoms with Crippen LogP contribution in [0.5, 0.6) is 5.75 Å². The molecular formula is C25H31BrCl2N2O3. The molecule has 0 aliphatic carbocycles. The highest BCUT2D eigenvalue weighted by Gasteiger charge is 2.30. The van der Waals surface area contributed by atoms with Gasteiger partial charge in [-0.05, 0) is 64.5 Å². The fourth-order valence-corrected chi connectivity index (χ4v) is 4.38. The Balaban J connectivity index is 2.27. The van der Waals surface area contributed by atoms with Crippen molar-refractivity contribution >= 4 is 50.9 Å². The first-order valence-electron chi connectivity index (χ1n) is 11.1. The summed E-state index contributed by atoms with van der Waals surface area (Å²) in [6.45, 7) is 8.48. The van der Waals surface area contributed by atoms with Crippen LogP contribution in [-0.4, -0.2) is 35.9 Å². The van der Waals surface area contributed by atoms with Crippen LogP contribution in [0, 0.1) is 0 Å². The topological polar surface area (TPSA) is 58.6 Å². The van der Waals surface area contributed by atoms with Gasteiger partial charge in [0.25, 0.3) is 5.91 Å². The van der Waals surface area contributed by atoms with Gasteiger partial charge in [0.15, 0.2) is 6.61 Å². The molecule has 0 radical (unpaired) electrons. The molecule has 0 fully saturated rings. The lowest BCUT2D eigenvalue weighted by molar-refractivity contribution is -0.143. The highest BCUT2D eigenvalue weighted by atomic mass is 79.9. The minimum absolute atomic E-state index is 0.103. The largest absolute Gasteiger partial charge is 0.483 e. The molecule has 0 saturated heterocycles. The van der Waals surface area contributed by atoms with Crippen LogP contribution in [0.1, 0.15) is 57.6 Å². The number of ether oxygens (including phenoxy) is 1. The van der Waals surface area contributed by atoms with Gasteiger partial charge in [0, 0.05) is 28.7 Å². The Morgan fingerprint density at radius 2 is 1.79 bits per heavy atom. The Morgan fingerprint density at radius 3 is 2.33 bits per heavy atom. The van der Waals surface area contributed by atoms with Crippen LogP contribution in [0.3, 0.4) is 0 Å². The minimum atomic E-state index is -0.674. The van der Waals surface area contributed by atoms with Crippen LogP contribution in [0.4, 0.5) is 0 Å². The maximum absolute atomic E-state index is 13.3. The third-order valence-electron chi connectivity index (χ3n) is 5.30. The molecule has 0 unspecified atom stereocenters. The fraction of sp³-hybridized carbons (Fsp3) is 0.440. The number of nitrogens with one attached hydrogen (secondary N) is 1. The number of hydrogen-bond donors (Lipinski definition) is 1. The van der Waals surface area contributed by atoms with Gasteiger partial charge in [-0.3, -0.25) is 9.59 Å². The summed E-state index contributed by atoms with van der Waals surface area (Å²) in [7, 11) is 0. The molecule has 1 N–H and O–H groups in total. The van der Waals surface area contributed by atoms with Gasteiger partial charge in [0.1, 0.15) is 11.8 Å². The van der Waals surface area contributed by atoms with Crippen LogP contribution >= 0.6 is 39.1 Å². The number of benzene rings is 2. The number of hydrogen-bond acceptors (Lipinski definition) is 3. The fourth-order valence-electron chi connectivity index (χ4n) is 3.35. The van der Waals surface area contributed by atoms with Gasteiger partial charge >= 0.3 is 0 Å². The summed E-state index contributed by atoms with van der Waals surface area (Å²) >= 11 is 16.2. The zero-order valence-electron chi connectivity index (χ0n) is 19.5. The average Bonchev–Trinajstić information content (AvgIpc) is 2.78. The predicted octanol–water partition coefficient (Wildman–Crippen LogP) is 6.59. The van der Waals surface area contributed by atoms with E-state index in [2.05, 4.69) is 35.1 Å². The van der Waals surface area contributed by atoms with E-state index in [1.165, 1.54) is 4.90 Å². The van der Waals surface area contributed by atoms with Crippen LogP contribution in [-0.2, 0) is 16.1 Å². The van der Waals surface area contributed by atoms with Gasteiger partial charge in [-0.2, -0.15) is 0 Å². The van der Waals surface area contributed by atoms with E-state index in [-0.39, 0.29) is 25.0 Å². The van der Waals surface area contributed by atoms with Crippen molar-refractivity contribution in [2.24, 2.45) is 0 Å². The Labute approximate surface area is 214 Å². The number of carbonyl (C=O) groups is 2. The Hall–Kier alpha value is -1.76. The monoisotopic (exact) mass is 556 g/mol. The number of amides is 2. The summed E-state index contributed by atoms with van der Waals surface area (Å²) < 4.78 is 6.61. The van der Waals surface area contributed by atoms with Gasteiger partial charge in [0.05, 0.1) is 4.47 Å². The van der Waals surface area contributed by atoms with Crippen LogP contribution in [0.15, 0.2) is 40.9 Å². The maximum atomic E-state index is 13.3. The third-order valence-corrected chi connectivity index (χ3v) is 6.63. The van der Waals surface area contributed by atoms with E-state index in [9.17, 15) is 9.59 Å². The van der Waals surface area contributed by atoms with Crippen molar-refractivity contribution in [2.75, 3.05) is 13.2 Å². The quantitative estimate of drug-likeness (QED) is 0.339. The van der Waals surface area contributed by atoms with E-state index in [1.54, 1.807) is 18.2 Å². The lowest BCUT2D eigenvalue weighted by Gasteiger charge is -2.31. The van der Waals surface area contributed by atoms with Gasteiger partial charge in [0.2, 0.25) is 5.91 Å². The number of nitrogens with zero attached hydrogens (tertiary/aromatic N) is 1. The molecule has 5 nitrogen and oxygen atoms in total. The molecule has 0 saturated carbocycles. The lowest BCUT2D eigenvalue weighted by Crippen LogP contribution is -2.50. The first-order chi connectivity index (χ1) is 15.7. The van der Waals surface area contributed by atoms with Gasteiger partial charge in [-0.1, -0.05) is 63.0 Å². The number of carbonyl (C=O) groups excluding carboxylic acids is 2. The van der Waals surface area contributed by atoms with Crippen LogP contribution < -0.4 is 10.1 Å². The van der Waals surface area contributed by atoms with E-state index in [0.29, 0.717) is 40.2 Å². The highest BCUT2D eigenvalue weighted by Crippen LogP contribution is 2.30. The van der Waals surface area contributed by atoms with E-state index in [4.69, 9.17) is 27.9 Å². The molecule has 180 valence electrons. The normalized spacial score (nSPS) is 11.9. The van der Waals surface area contributed by atoms with Gasteiger partial charge in [-0.25, -0.2) is 0 Å². The predicted molar refractivity (Wildman–Crippen MR) is 138 cm³/mol. The molecule has 2 rings (SSSR count). The molecule has 0 spiro atoms. The molecule has 0 bridgehead atoms. The summed E-state index contributed by atoms with van der Waals surface area (Å²) in [4.78, 5) is 27.7. The summed E-state index contributed by atoms with van der Waals surface area (Å²) in [5.41, 5.74) is 1.76. The minimum Gasteiger partial charge on any atom is -0.483 e. The molecule has 0 aliphatic heterocycles. The van der Waals surface area contributed by atoms with E-state index < -0.39 is 6.04 Å². The zero-order valence-corrected chi connectivity index (χ0v) is 22.6. The molecule has 0 heterocycles. The molecule has 2 amide bonds. The second kappa shape index (κ2) is 13.2. The van der Waals surface area contributed by atoms with Crippen molar-refractivity contribution in [1.29, 1.82) is 0 Å². The van der Waals surface area contributed by atoms with Crippen molar-refractivity contribution in [3.8, 4) is 5.75 Å². The first kappa shape index (κ1) is 27.5. The Bertz CT molecular complexity index is 948. The highest BCUT2D eigenvalue weighted by molar-refractivity contribution is 9.10. The van der Waals surface area contributed by atoms with Gasteiger partial charge in [-0.15, -0.1) is 0 Å². The van der Waals surface area contributed by atoms with Crippen molar-refractivity contribution in [2.45, 2.75) is 59.0 Å². The molecule has 8 heteroatoms. The van der Waals surface area contributed by atoms with Crippen molar-refractivity contribution in [3.63, 3.8) is 0 Å². The number of halogens is 3. The van der Waals surface area contributed by atoms with Crippen molar-refractivity contribution in [1.82, 2.24) is 10.2 Å². The van der Waals surface area contributed by atoms with Crippen LogP contribution in [0.25, 0.3) is 0 Å². The second-order valence-corrected chi connectivity index (χ2v) is 9.74. The second-order valence-electron chi connectivity index (χ2n) is 8.07. The zero-order chi connectivity index (χ0) is 24.5.